The van der Waals surface area contributed by atoms with E-state index in [1.165, 1.54) is 12.1 Å². The van der Waals surface area contributed by atoms with Crippen LogP contribution < -0.4 is 5.32 Å². The number of hydrogen-bond acceptors (Lipinski definition) is 4. The van der Waals surface area contributed by atoms with Gasteiger partial charge >= 0.3 is 5.97 Å². The van der Waals surface area contributed by atoms with Crippen molar-refractivity contribution in [1.82, 2.24) is 14.8 Å². The average Bonchev–Trinajstić information content (AvgIpc) is 2.79. The Labute approximate surface area is 114 Å². The summed E-state index contributed by atoms with van der Waals surface area (Å²) in [5.74, 6) is -0.492. The molecule has 0 spiro atoms. The summed E-state index contributed by atoms with van der Waals surface area (Å²) in [5, 5.41) is 16.1. The Balaban J connectivity index is 1.97. The molecule has 1 aromatic carbocycles. The predicted octanol–water partition coefficient (Wildman–Crippen LogP) is 1.45. The lowest BCUT2D eigenvalue weighted by molar-refractivity contribution is -0.136. The Kier molecular flexibility index (Phi) is 3.09. The Hall–Kier alpha value is -2.44. The molecule has 0 radical (unpaired) electrons. The number of nitrogens with zero attached hydrogens (tertiary/aromatic N) is 3. The molecule has 3 rings (SSSR count). The number of carbonyl (C=O) groups is 1. The molecule has 0 saturated heterocycles. The number of aliphatic carboxylic acids is 1. The second-order valence-electron chi connectivity index (χ2n) is 4.65. The number of nitrogens with one attached hydrogen (secondary N) is 1. The SMILES string of the molecule is O=C(O)Cc1nc2n(n1)C(c1cccc(F)c1)CCN2. The first kappa shape index (κ1) is 12.6. The third kappa shape index (κ3) is 2.34. The second-order valence-corrected chi connectivity index (χ2v) is 4.65. The zero-order chi connectivity index (χ0) is 14.1. The van der Waals surface area contributed by atoms with Crippen LogP contribution in [0.25, 0.3) is 0 Å². The van der Waals surface area contributed by atoms with Crippen molar-refractivity contribution in [2.45, 2.75) is 18.9 Å². The first-order valence-corrected chi connectivity index (χ1v) is 6.30. The molecule has 1 aliphatic heterocycles. The molecule has 104 valence electrons. The number of anilines is 1. The van der Waals surface area contributed by atoms with Crippen LogP contribution in [0.2, 0.25) is 0 Å². The van der Waals surface area contributed by atoms with Gasteiger partial charge in [-0.1, -0.05) is 12.1 Å². The summed E-state index contributed by atoms with van der Waals surface area (Å²) in [7, 11) is 0. The van der Waals surface area contributed by atoms with Gasteiger partial charge in [-0.15, -0.1) is 0 Å². The fraction of sp³-hybridized carbons (Fsp3) is 0.308. The van der Waals surface area contributed by atoms with Crippen molar-refractivity contribution < 1.29 is 14.3 Å². The van der Waals surface area contributed by atoms with Crippen LogP contribution in [-0.4, -0.2) is 32.4 Å². The fourth-order valence-corrected chi connectivity index (χ4v) is 2.38. The van der Waals surface area contributed by atoms with Crippen molar-refractivity contribution in [1.29, 1.82) is 0 Å². The lowest BCUT2D eigenvalue weighted by Gasteiger charge is -2.24. The summed E-state index contributed by atoms with van der Waals surface area (Å²) < 4.78 is 15.0. The zero-order valence-corrected chi connectivity index (χ0v) is 10.6. The van der Waals surface area contributed by atoms with Crippen molar-refractivity contribution in [3.8, 4) is 0 Å². The fourth-order valence-electron chi connectivity index (χ4n) is 2.38. The normalized spacial score (nSPS) is 17.4. The molecule has 0 aliphatic carbocycles. The number of rotatable bonds is 3. The van der Waals surface area contributed by atoms with E-state index in [1.54, 1.807) is 10.7 Å². The Bertz CT molecular complexity index is 656. The topological polar surface area (TPSA) is 80.0 Å². The predicted molar refractivity (Wildman–Crippen MR) is 69.0 cm³/mol. The maximum absolute atomic E-state index is 13.3. The molecule has 1 aliphatic rings. The summed E-state index contributed by atoms with van der Waals surface area (Å²) in [6.45, 7) is 0.687. The molecule has 2 heterocycles. The number of carboxylic acid groups (broad SMARTS) is 1. The number of aromatic nitrogens is 3. The first-order chi connectivity index (χ1) is 9.63. The van der Waals surface area contributed by atoms with E-state index >= 15 is 0 Å². The highest BCUT2D eigenvalue weighted by Gasteiger charge is 2.25. The highest BCUT2D eigenvalue weighted by atomic mass is 19.1. The molecule has 2 aromatic rings. The molecule has 0 saturated carbocycles. The second kappa shape index (κ2) is 4.92. The van der Waals surface area contributed by atoms with Crippen LogP contribution in [-0.2, 0) is 11.2 Å². The molecule has 1 aromatic heterocycles. The van der Waals surface area contributed by atoms with Crippen molar-refractivity contribution in [3.63, 3.8) is 0 Å². The zero-order valence-electron chi connectivity index (χ0n) is 10.6. The van der Waals surface area contributed by atoms with E-state index in [2.05, 4.69) is 15.4 Å². The standard InChI is InChI=1S/C13H13FN4O2/c14-9-3-1-2-8(6-9)10-4-5-15-13-16-11(7-12(19)20)17-18(10)13/h1-3,6,10H,4-5,7H2,(H,19,20)(H,15,16,17). The largest absolute Gasteiger partial charge is 0.481 e. The third-order valence-corrected chi connectivity index (χ3v) is 3.21. The van der Waals surface area contributed by atoms with Crippen LogP contribution in [0.1, 0.15) is 23.9 Å². The number of hydrogen-bond donors (Lipinski definition) is 2. The van der Waals surface area contributed by atoms with Gasteiger partial charge in [-0.05, 0) is 24.1 Å². The van der Waals surface area contributed by atoms with Gasteiger partial charge in [0, 0.05) is 6.54 Å². The van der Waals surface area contributed by atoms with E-state index in [0.29, 0.717) is 12.5 Å². The molecule has 2 N–H and O–H groups in total. The van der Waals surface area contributed by atoms with E-state index < -0.39 is 5.97 Å². The average molecular weight is 276 g/mol. The molecule has 1 unspecified atom stereocenters. The first-order valence-electron chi connectivity index (χ1n) is 6.30. The van der Waals surface area contributed by atoms with Crippen LogP contribution in [0, 0.1) is 5.82 Å². The Morgan fingerprint density at radius 2 is 2.40 bits per heavy atom. The van der Waals surface area contributed by atoms with Gasteiger partial charge in [-0.3, -0.25) is 4.79 Å². The summed E-state index contributed by atoms with van der Waals surface area (Å²) in [6, 6.07) is 6.22. The molecule has 1 atom stereocenters. The lowest BCUT2D eigenvalue weighted by Crippen LogP contribution is -2.24. The summed E-state index contributed by atoms with van der Waals surface area (Å²) >= 11 is 0. The molecular weight excluding hydrogens is 263 g/mol. The minimum Gasteiger partial charge on any atom is -0.481 e. The van der Waals surface area contributed by atoms with E-state index in [0.717, 1.165) is 12.0 Å². The Morgan fingerprint density at radius 1 is 1.55 bits per heavy atom. The van der Waals surface area contributed by atoms with Gasteiger partial charge in [0.2, 0.25) is 5.95 Å². The third-order valence-electron chi connectivity index (χ3n) is 3.21. The maximum atomic E-state index is 13.3. The quantitative estimate of drug-likeness (QED) is 0.887. The van der Waals surface area contributed by atoms with Gasteiger partial charge in [-0.25, -0.2) is 9.07 Å². The molecule has 0 amide bonds. The Morgan fingerprint density at radius 3 is 3.15 bits per heavy atom. The highest BCUT2D eigenvalue weighted by molar-refractivity contribution is 5.69. The molecule has 7 heteroatoms. The van der Waals surface area contributed by atoms with Crippen LogP contribution in [0.5, 0.6) is 0 Å². The highest BCUT2D eigenvalue weighted by Crippen LogP contribution is 2.28. The maximum Gasteiger partial charge on any atom is 0.311 e. The summed E-state index contributed by atoms with van der Waals surface area (Å²) in [5.41, 5.74) is 0.805. The molecule has 0 bridgehead atoms. The van der Waals surface area contributed by atoms with Gasteiger partial charge in [0.05, 0.1) is 6.04 Å². The van der Waals surface area contributed by atoms with Gasteiger partial charge < -0.3 is 10.4 Å². The van der Waals surface area contributed by atoms with E-state index in [-0.39, 0.29) is 24.1 Å². The van der Waals surface area contributed by atoms with Crippen LogP contribution in [0.4, 0.5) is 10.3 Å². The summed E-state index contributed by atoms with van der Waals surface area (Å²) in [6.07, 6.45) is 0.518. The summed E-state index contributed by atoms with van der Waals surface area (Å²) in [4.78, 5) is 14.9. The number of benzene rings is 1. The van der Waals surface area contributed by atoms with E-state index in [4.69, 9.17) is 5.11 Å². The van der Waals surface area contributed by atoms with Crippen LogP contribution >= 0.6 is 0 Å². The van der Waals surface area contributed by atoms with Gasteiger partial charge in [-0.2, -0.15) is 10.1 Å². The van der Waals surface area contributed by atoms with Crippen molar-refractivity contribution in [2.24, 2.45) is 0 Å². The molecular formula is C13H13FN4O2. The number of halogens is 1. The van der Waals surface area contributed by atoms with E-state index in [9.17, 15) is 9.18 Å². The van der Waals surface area contributed by atoms with Crippen molar-refractivity contribution in [2.75, 3.05) is 11.9 Å². The molecule has 20 heavy (non-hydrogen) atoms. The smallest absolute Gasteiger partial charge is 0.311 e. The van der Waals surface area contributed by atoms with E-state index in [1.807, 2.05) is 6.07 Å². The monoisotopic (exact) mass is 276 g/mol. The molecule has 6 nitrogen and oxygen atoms in total. The minimum atomic E-state index is -0.977. The van der Waals surface area contributed by atoms with Crippen LogP contribution in [0.3, 0.4) is 0 Å². The van der Waals surface area contributed by atoms with Crippen molar-refractivity contribution in [3.05, 3.63) is 41.5 Å². The minimum absolute atomic E-state index is 0.128. The lowest BCUT2D eigenvalue weighted by atomic mass is 10.0. The van der Waals surface area contributed by atoms with Crippen molar-refractivity contribution >= 4 is 11.9 Å². The van der Waals surface area contributed by atoms with Crippen LogP contribution in [0.15, 0.2) is 24.3 Å². The van der Waals surface area contributed by atoms with Gasteiger partial charge in [0.25, 0.3) is 0 Å². The number of fused-ring (bicyclic) bond motifs is 1. The number of carboxylic acids is 1. The molecule has 0 fully saturated rings. The van der Waals surface area contributed by atoms with Gasteiger partial charge in [0.15, 0.2) is 5.82 Å². The van der Waals surface area contributed by atoms with Gasteiger partial charge in [0.1, 0.15) is 12.2 Å².